The van der Waals surface area contributed by atoms with Gasteiger partial charge in [-0.25, -0.2) is 0 Å². The predicted molar refractivity (Wildman–Crippen MR) is 83.6 cm³/mol. The van der Waals surface area contributed by atoms with Crippen LogP contribution >= 0.6 is 0 Å². The second kappa shape index (κ2) is 6.16. The molecule has 1 aliphatic heterocycles. The molecule has 0 N–H and O–H groups in total. The zero-order chi connectivity index (χ0) is 16.5. The van der Waals surface area contributed by atoms with Gasteiger partial charge in [0.1, 0.15) is 0 Å². The maximum absolute atomic E-state index is 5.20. The summed E-state index contributed by atoms with van der Waals surface area (Å²) in [5, 5.41) is 17.0. The lowest BCUT2D eigenvalue weighted by molar-refractivity contribution is 0.194. The Kier molecular flexibility index (Phi) is 3.85. The van der Waals surface area contributed by atoms with Crippen molar-refractivity contribution in [2.45, 2.75) is 32.2 Å². The molecule has 0 bridgehead atoms. The first-order valence-corrected chi connectivity index (χ1v) is 8.01. The molecule has 0 spiro atoms. The average molecular weight is 329 g/mol. The lowest BCUT2D eigenvalue weighted by Crippen LogP contribution is -2.33. The second-order valence-corrected chi connectivity index (χ2v) is 5.98. The minimum Gasteiger partial charge on any atom is -0.480 e. The highest BCUT2D eigenvalue weighted by Gasteiger charge is 2.26. The first-order chi connectivity index (χ1) is 11.7. The number of aryl methyl sites for hydroxylation is 1. The summed E-state index contributed by atoms with van der Waals surface area (Å²) in [4.78, 5) is 6.60. The zero-order valence-electron chi connectivity index (χ0n) is 13.7. The Hall–Kier alpha value is -2.55. The third-order valence-electron chi connectivity index (χ3n) is 4.36. The van der Waals surface area contributed by atoms with Crippen LogP contribution in [0.25, 0.3) is 5.65 Å². The van der Waals surface area contributed by atoms with Crippen molar-refractivity contribution >= 4 is 5.65 Å². The summed E-state index contributed by atoms with van der Waals surface area (Å²) in [6.45, 7) is 4.44. The summed E-state index contributed by atoms with van der Waals surface area (Å²) in [6, 6.07) is 3.67. The Balaban J connectivity index is 1.45. The molecule has 0 aromatic carbocycles. The van der Waals surface area contributed by atoms with Crippen LogP contribution in [0.5, 0.6) is 5.88 Å². The fourth-order valence-electron chi connectivity index (χ4n) is 3.11. The van der Waals surface area contributed by atoms with Crippen molar-refractivity contribution in [3.63, 3.8) is 0 Å². The number of likely N-dealkylation sites (tertiary alicyclic amines) is 1. The van der Waals surface area contributed by atoms with Gasteiger partial charge in [-0.05, 0) is 32.0 Å². The molecule has 0 aliphatic carbocycles. The average Bonchev–Trinajstić information content (AvgIpc) is 3.21. The molecule has 9 nitrogen and oxygen atoms in total. The van der Waals surface area contributed by atoms with E-state index in [0.29, 0.717) is 17.7 Å². The normalized spacial score (nSPS) is 16.8. The van der Waals surface area contributed by atoms with Gasteiger partial charge in [0.25, 0.3) is 0 Å². The van der Waals surface area contributed by atoms with Gasteiger partial charge in [0.2, 0.25) is 11.8 Å². The number of hydrogen-bond donors (Lipinski definition) is 0. The number of fused-ring (bicyclic) bond motifs is 1. The third-order valence-corrected chi connectivity index (χ3v) is 4.36. The molecule has 4 heterocycles. The van der Waals surface area contributed by atoms with Gasteiger partial charge in [0.15, 0.2) is 17.3 Å². The standard InChI is InChI=1S/C15H19N7O2/c1-10-16-12(20-24-10)9-21-7-5-11(6-8-21)15-18-17-13-3-4-14(23-2)19-22(13)15/h3-4,11H,5-9H2,1-2H3. The Bertz CT molecular complexity index is 835. The monoisotopic (exact) mass is 329 g/mol. The van der Waals surface area contributed by atoms with Crippen molar-refractivity contribution in [2.24, 2.45) is 0 Å². The third kappa shape index (κ3) is 2.82. The summed E-state index contributed by atoms with van der Waals surface area (Å²) in [5.74, 6) is 3.15. The molecule has 0 saturated carbocycles. The van der Waals surface area contributed by atoms with Crippen LogP contribution in [0.4, 0.5) is 0 Å². The van der Waals surface area contributed by atoms with Gasteiger partial charge in [-0.2, -0.15) is 9.50 Å². The van der Waals surface area contributed by atoms with E-state index < -0.39 is 0 Å². The van der Waals surface area contributed by atoms with Gasteiger partial charge in [0, 0.05) is 18.9 Å². The van der Waals surface area contributed by atoms with Gasteiger partial charge in [-0.15, -0.1) is 15.3 Å². The fourth-order valence-corrected chi connectivity index (χ4v) is 3.11. The van der Waals surface area contributed by atoms with Gasteiger partial charge >= 0.3 is 0 Å². The highest BCUT2D eigenvalue weighted by Crippen LogP contribution is 2.27. The molecular weight excluding hydrogens is 310 g/mol. The number of methoxy groups -OCH3 is 1. The van der Waals surface area contributed by atoms with E-state index >= 15 is 0 Å². The van der Waals surface area contributed by atoms with E-state index in [1.807, 2.05) is 6.07 Å². The molecule has 0 atom stereocenters. The van der Waals surface area contributed by atoms with Gasteiger partial charge in [-0.3, -0.25) is 4.90 Å². The van der Waals surface area contributed by atoms with Crippen LogP contribution in [0.15, 0.2) is 16.7 Å². The summed E-state index contributed by atoms with van der Waals surface area (Å²) in [7, 11) is 1.61. The molecule has 4 rings (SSSR count). The van der Waals surface area contributed by atoms with E-state index in [-0.39, 0.29) is 0 Å². The summed E-state index contributed by atoms with van der Waals surface area (Å²) in [5.41, 5.74) is 0.746. The van der Waals surface area contributed by atoms with Crippen molar-refractivity contribution in [3.8, 4) is 5.88 Å². The molecule has 0 amide bonds. The molecule has 1 aliphatic rings. The van der Waals surface area contributed by atoms with E-state index in [4.69, 9.17) is 9.26 Å². The summed E-state index contributed by atoms with van der Waals surface area (Å²) >= 11 is 0. The van der Waals surface area contributed by atoms with Crippen LogP contribution < -0.4 is 4.74 Å². The van der Waals surface area contributed by atoms with Crippen molar-refractivity contribution in [1.29, 1.82) is 0 Å². The van der Waals surface area contributed by atoms with Crippen LogP contribution in [0.2, 0.25) is 0 Å². The largest absolute Gasteiger partial charge is 0.480 e. The Morgan fingerprint density at radius 3 is 2.79 bits per heavy atom. The predicted octanol–water partition coefficient (Wildman–Crippen LogP) is 1.20. The maximum atomic E-state index is 5.20. The second-order valence-electron chi connectivity index (χ2n) is 5.98. The van der Waals surface area contributed by atoms with Crippen LogP contribution in [0.1, 0.15) is 36.3 Å². The molecular formula is C15H19N7O2. The Morgan fingerprint density at radius 1 is 1.25 bits per heavy atom. The zero-order valence-corrected chi connectivity index (χ0v) is 13.7. The molecule has 1 fully saturated rings. The van der Waals surface area contributed by atoms with Gasteiger partial charge < -0.3 is 9.26 Å². The minimum atomic E-state index is 0.336. The number of piperidine rings is 1. The topological polar surface area (TPSA) is 94.5 Å². The van der Waals surface area contributed by atoms with Crippen LogP contribution in [0, 0.1) is 6.92 Å². The number of ether oxygens (including phenoxy) is 1. The first kappa shape index (κ1) is 15.0. The van der Waals surface area contributed by atoms with Crippen molar-refractivity contribution in [2.75, 3.05) is 20.2 Å². The molecule has 1 saturated heterocycles. The van der Waals surface area contributed by atoms with Crippen molar-refractivity contribution in [1.82, 2.24) is 34.9 Å². The van der Waals surface area contributed by atoms with Crippen LogP contribution in [-0.2, 0) is 6.54 Å². The number of aromatic nitrogens is 6. The summed E-state index contributed by atoms with van der Waals surface area (Å²) < 4.78 is 12.0. The molecule has 0 unspecified atom stereocenters. The van der Waals surface area contributed by atoms with E-state index in [0.717, 1.165) is 49.8 Å². The minimum absolute atomic E-state index is 0.336. The quantitative estimate of drug-likeness (QED) is 0.705. The fraction of sp³-hybridized carbons (Fsp3) is 0.533. The molecule has 9 heteroatoms. The lowest BCUT2D eigenvalue weighted by Gasteiger charge is -2.29. The van der Waals surface area contributed by atoms with E-state index in [1.165, 1.54) is 0 Å². The highest BCUT2D eigenvalue weighted by atomic mass is 16.5. The lowest BCUT2D eigenvalue weighted by atomic mass is 9.96. The first-order valence-electron chi connectivity index (χ1n) is 8.01. The summed E-state index contributed by atoms with van der Waals surface area (Å²) in [6.07, 6.45) is 1.99. The number of hydrogen-bond acceptors (Lipinski definition) is 8. The molecule has 24 heavy (non-hydrogen) atoms. The maximum Gasteiger partial charge on any atom is 0.231 e. The molecule has 3 aromatic heterocycles. The number of rotatable bonds is 4. The van der Waals surface area contributed by atoms with Gasteiger partial charge in [-0.1, -0.05) is 5.16 Å². The smallest absolute Gasteiger partial charge is 0.231 e. The van der Waals surface area contributed by atoms with Gasteiger partial charge in [0.05, 0.1) is 13.7 Å². The molecule has 3 aromatic rings. The highest BCUT2D eigenvalue weighted by molar-refractivity contribution is 5.38. The van der Waals surface area contributed by atoms with Crippen molar-refractivity contribution in [3.05, 3.63) is 29.7 Å². The number of nitrogens with zero attached hydrogens (tertiary/aromatic N) is 7. The Labute approximate surface area is 138 Å². The van der Waals surface area contributed by atoms with Crippen LogP contribution in [0.3, 0.4) is 0 Å². The molecule has 126 valence electrons. The van der Waals surface area contributed by atoms with E-state index in [2.05, 4.69) is 30.3 Å². The Morgan fingerprint density at radius 2 is 2.08 bits per heavy atom. The van der Waals surface area contributed by atoms with E-state index in [1.54, 1.807) is 24.6 Å². The van der Waals surface area contributed by atoms with E-state index in [9.17, 15) is 0 Å². The SMILES string of the molecule is COc1ccc2nnc(C3CCN(Cc4noc(C)n4)CC3)n2n1. The van der Waals surface area contributed by atoms with Crippen molar-refractivity contribution < 1.29 is 9.26 Å². The van der Waals surface area contributed by atoms with Crippen LogP contribution in [-0.4, -0.2) is 55.1 Å². The molecule has 0 radical (unpaired) electrons.